The number of benzene rings is 1. The highest BCUT2D eigenvalue weighted by atomic mass is 35.7. The first kappa shape index (κ1) is 14.6. The number of aryl methyl sites for hydroxylation is 1. The molecule has 4 nitrogen and oxygen atoms in total. The normalized spacial score (nSPS) is 11.5. The van der Waals surface area contributed by atoms with E-state index in [1.807, 2.05) is 0 Å². The lowest BCUT2D eigenvalue weighted by atomic mass is 10.2. The second kappa shape index (κ2) is 5.91. The van der Waals surface area contributed by atoms with Gasteiger partial charge in [0.2, 0.25) is 0 Å². The van der Waals surface area contributed by atoms with Crippen molar-refractivity contribution in [3.8, 4) is 5.75 Å². The summed E-state index contributed by atoms with van der Waals surface area (Å²) in [5.74, 6) is 0.180. The van der Waals surface area contributed by atoms with Crippen LogP contribution in [0, 0.1) is 6.92 Å². The predicted octanol–water partition coefficient (Wildman–Crippen LogP) is 2.60. The molecule has 0 saturated heterocycles. The van der Waals surface area contributed by atoms with Crippen molar-refractivity contribution in [2.75, 3.05) is 20.3 Å². The van der Waals surface area contributed by atoms with Crippen molar-refractivity contribution >= 4 is 31.3 Å². The third-order valence-electron chi connectivity index (χ3n) is 2.03. The Morgan fingerprint density at radius 1 is 1.29 bits per heavy atom. The average molecular weight is 299 g/mol. The van der Waals surface area contributed by atoms with E-state index in [-0.39, 0.29) is 17.3 Å². The summed E-state index contributed by atoms with van der Waals surface area (Å²) in [6.07, 6.45) is 0. The van der Waals surface area contributed by atoms with Gasteiger partial charge >= 0.3 is 0 Å². The Bertz CT molecular complexity index is 499. The molecule has 0 bridgehead atoms. The van der Waals surface area contributed by atoms with E-state index in [4.69, 9.17) is 31.8 Å². The van der Waals surface area contributed by atoms with Crippen LogP contribution in [-0.2, 0) is 13.8 Å². The maximum atomic E-state index is 11.3. The number of methoxy groups -OCH3 is 1. The molecule has 0 spiro atoms. The van der Waals surface area contributed by atoms with E-state index in [1.54, 1.807) is 6.92 Å². The first-order valence-corrected chi connectivity index (χ1v) is 7.41. The van der Waals surface area contributed by atoms with Gasteiger partial charge < -0.3 is 9.47 Å². The lowest BCUT2D eigenvalue weighted by molar-refractivity contribution is 0.144. The number of hydrogen-bond acceptors (Lipinski definition) is 4. The van der Waals surface area contributed by atoms with Gasteiger partial charge in [-0.1, -0.05) is 11.6 Å². The molecule has 1 aromatic carbocycles. The Hall–Kier alpha value is -0.490. The highest BCUT2D eigenvalue weighted by molar-refractivity contribution is 8.13. The number of ether oxygens (including phenoxy) is 2. The summed E-state index contributed by atoms with van der Waals surface area (Å²) < 4.78 is 32.8. The van der Waals surface area contributed by atoms with E-state index in [1.165, 1.54) is 19.2 Å². The van der Waals surface area contributed by atoms with Crippen molar-refractivity contribution in [1.82, 2.24) is 0 Å². The summed E-state index contributed by atoms with van der Waals surface area (Å²) in [4.78, 5) is -0.133. The minimum absolute atomic E-state index is 0.133. The van der Waals surface area contributed by atoms with Gasteiger partial charge in [0.05, 0.1) is 6.61 Å². The van der Waals surface area contributed by atoms with Crippen molar-refractivity contribution in [2.45, 2.75) is 11.8 Å². The van der Waals surface area contributed by atoms with Crippen molar-refractivity contribution in [2.24, 2.45) is 0 Å². The van der Waals surface area contributed by atoms with E-state index < -0.39 is 9.05 Å². The van der Waals surface area contributed by atoms with Crippen LogP contribution in [0.15, 0.2) is 17.0 Å². The Balaban J connectivity index is 3.13. The quantitative estimate of drug-likeness (QED) is 0.619. The smallest absolute Gasteiger partial charge is 0.265 e. The molecule has 7 heteroatoms. The van der Waals surface area contributed by atoms with Gasteiger partial charge in [-0.05, 0) is 24.6 Å². The molecule has 0 aliphatic rings. The molecule has 0 aliphatic carbocycles. The van der Waals surface area contributed by atoms with Gasteiger partial charge in [0, 0.05) is 22.8 Å². The predicted molar refractivity (Wildman–Crippen MR) is 66.6 cm³/mol. The van der Waals surface area contributed by atoms with Crippen LogP contribution in [0.1, 0.15) is 5.56 Å². The molecule has 0 aliphatic heterocycles. The standard InChI is InChI=1S/C10H12Cl2O4S/c1-7-5-9(16-4-3-15-2)10(6-8(7)11)17(12,13)14/h5-6H,3-4H2,1-2H3. The fourth-order valence-corrected chi connectivity index (χ4v) is 2.38. The molecule has 0 atom stereocenters. The lowest BCUT2D eigenvalue weighted by Crippen LogP contribution is -2.07. The maximum absolute atomic E-state index is 11.3. The monoisotopic (exact) mass is 298 g/mol. The molecule has 96 valence electrons. The van der Waals surface area contributed by atoms with Crippen LogP contribution in [0.2, 0.25) is 5.02 Å². The van der Waals surface area contributed by atoms with Gasteiger partial charge in [0.1, 0.15) is 17.3 Å². The van der Waals surface area contributed by atoms with Gasteiger partial charge in [-0.25, -0.2) is 8.42 Å². The Labute approximate surface area is 110 Å². The lowest BCUT2D eigenvalue weighted by Gasteiger charge is -2.11. The van der Waals surface area contributed by atoms with Gasteiger partial charge in [0.25, 0.3) is 9.05 Å². The maximum Gasteiger partial charge on any atom is 0.265 e. The van der Waals surface area contributed by atoms with E-state index in [0.717, 1.165) is 0 Å². The van der Waals surface area contributed by atoms with Crippen LogP contribution in [0.25, 0.3) is 0 Å². The van der Waals surface area contributed by atoms with Crippen molar-refractivity contribution in [3.05, 3.63) is 22.7 Å². The zero-order valence-corrected chi connectivity index (χ0v) is 11.7. The van der Waals surface area contributed by atoms with Crippen LogP contribution < -0.4 is 4.74 Å². The van der Waals surface area contributed by atoms with Crippen LogP contribution in [0.5, 0.6) is 5.75 Å². The van der Waals surface area contributed by atoms with Crippen molar-refractivity contribution < 1.29 is 17.9 Å². The van der Waals surface area contributed by atoms with Crippen LogP contribution >= 0.6 is 22.3 Å². The Kier molecular flexibility index (Phi) is 5.06. The van der Waals surface area contributed by atoms with E-state index in [9.17, 15) is 8.42 Å². The molecular formula is C10H12Cl2O4S. The number of rotatable bonds is 5. The molecule has 0 N–H and O–H groups in total. The van der Waals surface area contributed by atoms with E-state index in [2.05, 4.69) is 0 Å². The fourth-order valence-electron chi connectivity index (χ4n) is 1.18. The van der Waals surface area contributed by atoms with Crippen LogP contribution in [0.3, 0.4) is 0 Å². The van der Waals surface area contributed by atoms with Crippen LogP contribution in [-0.4, -0.2) is 28.7 Å². The highest BCUT2D eigenvalue weighted by Gasteiger charge is 2.18. The zero-order valence-electron chi connectivity index (χ0n) is 9.37. The van der Waals surface area contributed by atoms with Gasteiger partial charge in [0.15, 0.2) is 0 Å². The summed E-state index contributed by atoms with van der Waals surface area (Å²) in [6.45, 7) is 2.33. The molecule has 1 rings (SSSR count). The zero-order chi connectivity index (χ0) is 13.1. The molecule has 1 aromatic rings. The third kappa shape index (κ3) is 4.03. The van der Waals surface area contributed by atoms with Gasteiger partial charge in [-0.2, -0.15) is 0 Å². The second-order valence-electron chi connectivity index (χ2n) is 3.33. The summed E-state index contributed by atoms with van der Waals surface area (Å²) in [5.41, 5.74) is 0.711. The van der Waals surface area contributed by atoms with Gasteiger partial charge in [-0.3, -0.25) is 0 Å². The molecule has 0 amide bonds. The second-order valence-corrected chi connectivity index (χ2v) is 6.27. The molecule has 0 saturated carbocycles. The fraction of sp³-hybridized carbons (Fsp3) is 0.400. The van der Waals surface area contributed by atoms with Crippen LogP contribution in [0.4, 0.5) is 0 Å². The molecule has 0 unspecified atom stereocenters. The minimum atomic E-state index is -3.89. The topological polar surface area (TPSA) is 52.6 Å². The molecule has 0 heterocycles. The summed E-state index contributed by atoms with van der Waals surface area (Å²) in [5, 5.41) is 0.323. The third-order valence-corrected chi connectivity index (χ3v) is 3.78. The number of hydrogen-bond donors (Lipinski definition) is 0. The minimum Gasteiger partial charge on any atom is -0.490 e. The molecular weight excluding hydrogens is 287 g/mol. The summed E-state index contributed by atoms with van der Waals surface area (Å²) in [7, 11) is 2.94. The largest absolute Gasteiger partial charge is 0.490 e. The summed E-state index contributed by atoms with van der Waals surface area (Å²) >= 11 is 5.85. The molecule has 0 fully saturated rings. The molecule has 17 heavy (non-hydrogen) atoms. The van der Waals surface area contributed by atoms with Crippen molar-refractivity contribution in [1.29, 1.82) is 0 Å². The molecule has 0 radical (unpaired) electrons. The Morgan fingerprint density at radius 2 is 1.94 bits per heavy atom. The first-order valence-electron chi connectivity index (χ1n) is 4.73. The average Bonchev–Trinajstić information content (AvgIpc) is 2.21. The van der Waals surface area contributed by atoms with Crippen molar-refractivity contribution in [3.63, 3.8) is 0 Å². The Morgan fingerprint density at radius 3 is 2.47 bits per heavy atom. The molecule has 0 aromatic heterocycles. The first-order chi connectivity index (χ1) is 7.86. The van der Waals surface area contributed by atoms with Gasteiger partial charge in [-0.15, -0.1) is 0 Å². The SMILES string of the molecule is COCCOc1cc(C)c(Cl)cc1S(=O)(=O)Cl. The van der Waals surface area contributed by atoms with E-state index >= 15 is 0 Å². The summed E-state index contributed by atoms with van der Waals surface area (Å²) in [6, 6.07) is 2.81. The van der Waals surface area contributed by atoms with E-state index in [0.29, 0.717) is 17.2 Å². The highest BCUT2D eigenvalue weighted by Crippen LogP contribution is 2.32. The number of halogens is 2.